The van der Waals surface area contributed by atoms with Gasteiger partial charge in [0.2, 0.25) is 5.84 Å². The summed E-state index contributed by atoms with van der Waals surface area (Å²) in [6, 6.07) is 2.47. The van der Waals surface area contributed by atoms with E-state index in [0.29, 0.717) is 0 Å². The quantitative estimate of drug-likeness (QED) is 0.267. The van der Waals surface area contributed by atoms with Crippen molar-refractivity contribution in [2.24, 2.45) is 4.99 Å². The van der Waals surface area contributed by atoms with E-state index in [1.54, 1.807) is 13.8 Å². The predicted molar refractivity (Wildman–Crippen MR) is 106 cm³/mol. The average molecular weight is 517 g/mol. The highest BCUT2D eigenvalue weighted by molar-refractivity contribution is 6.68. The molecular formula is C16H14Cl5F3N2O3. The molecule has 2 aliphatic rings. The Bertz CT molecular complexity index is 790. The Morgan fingerprint density at radius 2 is 1.48 bits per heavy atom. The van der Waals surface area contributed by atoms with Crippen molar-refractivity contribution in [2.45, 2.75) is 41.9 Å². The van der Waals surface area contributed by atoms with Crippen LogP contribution in [0, 0.1) is 0 Å². The van der Waals surface area contributed by atoms with Crippen molar-refractivity contribution in [3.63, 3.8) is 0 Å². The van der Waals surface area contributed by atoms with Gasteiger partial charge in [-0.25, -0.2) is 0 Å². The maximum Gasteiger partial charge on any atom is 0.449 e. The van der Waals surface area contributed by atoms with Crippen molar-refractivity contribution in [3.8, 4) is 11.5 Å². The summed E-state index contributed by atoms with van der Waals surface area (Å²) in [5.74, 6) is -4.11. The first kappa shape index (κ1) is 23.2. The molecule has 0 radical (unpaired) electrons. The van der Waals surface area contributed by atoms with Gasteiger partial charge in [-0.15, -0.1) is 0 Å². The molecule has 0 aromatic heterocycles. The number of rotatable bonds is 1. The molecular weight excluding hydrogens is 502 g/mol. The summed E-state index contributed by atoms with van der Waals surface area (Å²) in [7, 11) is 0. The van der Waals surface area contributed by atoms with E-state index in [2.05, 4.69) is 4.99 Å². The number of ether oxygens (including phenoxy) is 3. The molecule has 29 heavy (non-hydrogen) atoms. The van der Waals surface area contributed by atoms with Crippen LogP contribution in [0.5, 0.6) is 11.5 Å². The summed E-state index contributed by atoms with van der Waals surface area (Å²) in [5.41, 5.74) is 0. The van der Waals surface area contributed by atoms with Gasteiger partial charge in [0.05, 0.1) is 22.3 Å². The zero-order valence-corrected chi connectivity index (χ0v) is 18.6. The second-order valence-corrected chi connectivity index (χ2v) is 9.69. The number of fused-ring (bicyclic) bond motifs is 1. The fourth-order valence-electron chi connectivity index (χ4n) is 3.02. The largest absolute Gasteiger partial charge is 0.449 e. The highest BCUT2D eigenvalue weighted by Crippen LogP contribution is 2.52. The molecule has 5 nitrogen and oxygen atoms in total. The summed E-state index contributed by atoms with van der Waals surface area (Å²) >= 11 is 29.7. The van der Waals surface area contributed by atoms with E-state index in [-0.39, 0.29) is 34.6 Å². The van der Waals surface area contributed by atoms with Crippen LogP contribution in [-0.2, 0) is 4.74 Å². The van der Waals surface area contributed by atoms with Gasteiger partial charge in [-0.1, -0.05) is 58.0 Å². The third kappa shape index (κ3) is 4.72. The van der Waals surface area contributed by atoms with Crippen molar-refractivity contribution in [1.82, 2.24) is 4.90 Å². The molecule has 162 valence electrons. The lowest BCUT2D eigenvalue weighted by Crippen LogP contribution is -2.56. The van der Waals surface area contributed by atoms with Crippen LogP contribution in [0.1, 0.15) is 13.8 Å². The van der Waals surface area contributed by atoms with E-state index in [1.807, 2.05) is 0 Å². The minimum Gasteiger partial charge on any atom is -0.427 e. The molecule has 2 atom stereocenters. The van der Waals surface area contributed by atoms with Crippen molar-refractivity contribution in [1.29, 1.82) is 0 Å². The lowest BCUT2D eigenvalue weighted by Gasteiger charge is -2.39. The van der Waals surface area contributed by atoms with Gasteiger partial charge in [-0.3, -0.25) is 0 Å². The highest BCUT2D eigenvalue weighted by Gasteiger charge is 2.61. The Morgan fingerprint density at radius 1 is 1.03 bits per heavy atom. The number of alkyl halides is 6. The molecule has 13 heteroatoms. The van der Waals surface area contributed by atoms with Crippen LogP contribution in [-0.4, -0.2) is 51.9 Å². The highest BCUT2D eigenvalue weighted by atomic mass is 35.6. The Labute approximate surface area is 189 Å². The van der Waals surface area contributed by atoms with Crippen LogP contribution in [0.3, 0.4) is 0 Å². The van der Waals surface area contributed by atoms with Crippen LogP contribution in [0.2, 0.25) is 10.0 Å². The van der Waals surface area contributed by atoms with Crippen molar-refractivity contribution >= 4 is 63.8 Å². The standard InChI is InChI=1S/C16H14Cl5F3N2O3/c1-7-5-26(6-8(2)27-7)13(14(22,23)24)25-16(15(19,20)21)28-11-3-9(17)10(18)4-12(11)29-16/h3-4,7-8H,5-6H2,1-2H3/b25-13+. The zero-order valence-electron chi connectivity index (χ0n) is 14.9. The fraction of sp³-hybridized carbons (Fsp3) is 0.562. The van der Waals surface area contributed by atoms with E-state index in [9.17, 15) is 13.2 Å². The summed E-state index contributed by atoms with van der Waals surface area (Å²) in [5, 5.41) is 0.148. The minimum atomic E-state index is -4.89. The van der Waals surface area contributed by atoms with Crippen LogP contribution >= 0.6 is 58.0 Å². The van der Waals surface area contributed by atoms with Crippen molar-refractivity contribution < 1.29 is 27.4 Å². The fourth-order valence-corrected chi connectivity index (χ4v) is 3.68. The van der Waals surface area contributed by atoms with Gasteiger partial charge in [0.1, 0.15) is 0 Å². The molecule has 0 aliphatic carbocycles. The van der Waals surface area contributed by atoms with Gasteiger partial charge < -0.3 is 19.1 Å². The van der Waals surface area contributed by atoms with Gasteiger partial charge in [0.15, 0.2) is 11.5 Å². The van der Waals surface area contributed by atoms with Crippen LogP contribution in [0.15, 0.2) is 17.1 Å². The van der Waals surface area contributed by atoms with E-state index in [1.165, 1.54) is 12.1 Å². The molecule has 3 rings (SSSR count). The third-order valence-corrected chi connectivity index (χ3v) is 5.51. The Balaban J connectivity index is 2.09. The number of hydrogen-bond acceptors (Lipinski definition) is 4. The maximum absolute atomic E-state index is 13.9. The van der Waals surface area contributed by atoms with Crippen molar-refractivity contribution in [3.05, 3.63) is 22.2 Å². The molecule has 0 amide bonds. The van der Waals surface area contributed by atoms with Gasteiger partial charge >= 0.3 is 12.1 Å². The molecule has 1 aromatic rings. The first-order valence-electron chi connectivity index (χ1n) is 8.23. The number of morpholine rings is 1. The molecule has 0 N–H and O–H groups in total. The van der Waals surface area contributed by atoms with E-state index in [0.717, 1.165) is 4.90 Å². The third-order valence-electron chi connectivity index (χ3n) is 4.07. The summed E-state index contributed by atoms with van der Waals surface area (Å²) in [4.78, 5) is 4.64. The number of benzene rings is 1. The molecule has 2 heterocycles. The lowest BCUT2D eigenvalue weighted by molar-refractivity contribution is -0.102. The SMILES string of the molecule is CC1CN(/C(=N/C2(C(Cl)(Cl)Cl)Oc3cc(Cl)c(Cl)cc3O2)C(F)(F)F)CC(C)O1. The lowest BCUT2D eigenvalue weighted by atomic mass is 10.2. The second-order valence-electron chi connectivity index (χ2n) is 6.59. The monoisotopic (exact) mass is 514 g/mol. The maximum atomic E-state index is 13.9. The number of halogens is 8. The minimum absolute atomic E-state index is 0.0697. The van der Waals surface area contributed by atoms with Gasteiger partial charge in [0.25, 0.3) is 3.79 Å². The van der Waals surface area contributed by atoms with Gasteiger partial charge in [-0.05, 0) is 13.8 Å². The Morgan fingerprint density at radius 3 is 1.86 bits per heavy atom. The summed E-state index contributed by atoms with van der Waals surface area (Å²) < 4.78 is 55.7. The normalized spacial score (nSPS) is 24.8. The predicted octanol–water partition coefficient (Wildman–Crippen LogP) is 5.86. The van der Waals surface area contributed by atoms with Crippen molar-refractivity contribution in [2.75, 3.05) is 13.1 Å². The van der Waals surface area contributed by atoms with E-state index >= 15 is 0 Å². The first-order chi connectivity index (χ1) is 13.2. The van der Waals surface area contributed by atoms with Gasteiger partial charge in [0, 0.05) is 25.2 Å². The smallest absolute Gasteiger partial charge is 0.427 e. The molecule has 0 spiro atoms. The number of hydrogen-bond donors (Lipinski definition) is 0. The number of aliphatic imine (C=N–C) groups is 1. The second kappa shape index (κ2) is 7.88. The molecule has 2 aliphatic heterocycles. The zero-order chi connectivity index (χ0) is 21.8. The van der Waals surface area contributed by atoms with E-state index in [4.69, 9.17) is 72.2 Å². The number of amidine groups is 1. The van der Waals surface area contributed by atoms with Crippen LogP contribution < -0.4 is 9.47 Å². The number of nitrogens with zero attached hydrogens (tertiary/aromatic N) is 2. The Hall–Kier alpha value is -0.510. The Kier molecular flexibility index (Phi) is 6.29. The van der Waals surface area contributed by atoms with Gasteiger partial charge in [-0.2, -0.15) is 18.2 Å². The molecule has 0 saturated carbocycles. The molecule has 2 unspecified atom stereocenters. The van der Waals surface area contributed by atoms with Crippen LogP contribution in [0.25, 0.3) is 0 Å². The van der Waals surface area contributed by atoms with E-state index < -0.39 is 33.9 Å². The van der Waals surface area contributed by atoms with Crippen LogP contribution in [0.4, 0.5) is 13.2 Å². The molecule has 0 bridgehead atoms. The molecule has 1 aromatic carbocycles. The topological polar surface area (TPSA) is 43.3 Å². The molecule has 1 fully saturated rings. The summed E-state index contributed by atoms with van der Waals surface area (Å²) in [6.45, 7) is 3.13. The average Bonchev–Trinajstić information content (AvgIpc) is 2.89. The molecule has 1 saturated heterocycles. The first-order valence-corrected chi connectivity index (χ1v) is 10.1. The summed E-state index contributed by atoms with van der Waals surface area (Å²) in [6.07, 6.45) is -5.85.